The van der Waals surface area contributed by atoms with Crippen LogP contribution in [0.25, 0.3) is 78.1 Å². The largest absolute Gasteiger partial charge is 0.228 e. The Kier molecular flexibility index (Phi) is 6.84. The Morgan fingerprint density at radius 3 is 1.57 bits per heavy atom. The summed E-state index contributed by atoms with van der Waals surface area (Å²) in [6.07, 6.45) is 0. The average Bonchev–Trinajstić information content (AvgIpc) is 3.41. The van der Waals surface area contributed by atoms with E-state index >= 15 is 0 Å². The first-order valence-corrected chi connectivity index (χ1v) is 16.9. The Morgan fingerprint density at radius 1 is 0.367 bits per heavy atom. The minimum Gasteiger partial charge on any atom is -0.228 e. The molecule has 0 saturated heterocycles. The number of rotatable bonds is 5. The van der Waals surface area contributed by atoms with E-state index in [1.54, 1.807) is 0 Å². The maximum atomic E-state index is 5.25. The maximum absolute atomic E-state index is 5.25. The third kappa shape index (κ3) is 4.88. The minimum atomic E-state index is -0.0565. The monoisotopic (exact) mass is 626 g/mol. The quantitative estimate of drug-likeness (QED) is 0.190. The van der Waals surface area contributed by atoms with Crippen molar-refractivity contribution in [3.05, 3.63) is 181 Å². The Balaban J connectivity index is 1.22. The summed E-state index contributed by atoms with van der Waals surface area (Å²) in [6, 6.07) is 60.5. The summed E-state index contributed by atoms with van der Waals surface area (Å²) in [6.45, 7) is 4.68. The third-order valence-electron chi connectivity index (χ3n) is 10.1. The third-order valence-corrected chi connectivity index (χ3v) is 10.1. The average molecular weight is 627 g/mol. The summed E-state index contributed by atoms with van der Waals surface area (Å²) in [5.74, 6) is 0.719. The lowest BCUT2D eigenvalue weighted by Crippen LogP contribution is -2.14. The molecular weight excluding hydrogens is 593 g/mol. The smallest absolute Gasteiger partial charge is 0.161 e. The van der Waals surface area contributed by atoms with Crippen molar-refractivity contribution < 1.29 is 0 Å². The molecule has 0 N–H and O–H groups in total. The van der Waals surface area contributed by atoms with Crippen LogP contribution in [-0.2, 0) is 5.41 Å². The predicted octanol–water partition coefficient (Wildman–Crippen LogP) is 12.3. The van der Waals surface area contributed by atoms with Gasteiger partial charge in [0.2, 0.25) is 0 Å². The maximum Gasteiger partial charge on any atom is 0.161 e. The van der Waals surface area contributed by atoms with Crippen molar-refractivity contribution in [2.45, 2.75) is 19.3 Å². The highest BCUT2D eigenvalue weighted by Gasteiger charge is 2.36. The van der Waals surface area contributed by atoms with Crippen LogP contribution in [0.3, 0.4) is 0 Å². The van der Waals surface area contributed by atoms with Gasteiger partial charge in [-0.2, -0.15) is 0 Å². The Bertz CT molecular complexity index is 2490. The molecule has 7 aromatic carbocycles. The van der Waals surface area contributed by atoms with Crippen LogP contribution in [0, 0.1) is 0 Å². The second-order valence-electron chi connectivity index (χ2n) is 13.4. The number of hydrogen-bond donors (Lipinski definition) is 0. The molecule has 2 nitrogen and oxygen atoms in total. The molecule has 0 radical (unpaired) electrons. The van der Waals surface area contributed by atoms with E-state index in [-0.39, 0.29) is 5.41 Å². The molecule has 1 aromatic heterocycles. The van der Waals surface area contributed by atoms with Crippen molar-refractivity contribution in [2.24, 2.45) is 0 Å². The zero-order valence-corrected chi connectivity index (χ0v) is 27.6. The van der Waals surface area contributed by atoms with Crippen molar-refractivity contribution in [2.75, 3.05) is 0 Å². The number of aromatic nitrogens is 2. The van der Waals surface area contributed by atoms with E-state index in [9.17, 15) is 0 Å². The highest BCUT2D eigenvalue weighted by Crippen LogP contribution is 2.52. The molecule has 0 spiro atoms. The first-order chi connectivity index (χ1) is 24.1. The Labute approximate surface area is 287 Å². The van der Waals surface area contributed by atoms with Gasteiger partial charge in [0.1, 0.15) is 0 Å². The standard InChI is InChI=1S/C47H34N2/c1-47(2)41-22-12-11-20-40(41)45-38(21-13-23-42(45)47)37-28-29-39(36-19-10-9-18-35(36)37)46-48-43(33-16-7-4-8-17-33)30-44(49-46)34-26-24-32(25-27-34)31-14-5-3-6-15-31/h3-30H,1-2H3. The molecule has 49 heavy (non-hydrogen) atoms. The minimum absolute atomic E-state index is 0.0565. The van der Waals surface area contributed by atoms with Crippen LogP contribution in [-0.4, -0.2) is 9.97 Å². The fraction of sp³-hybridized carbons (Fsp3) is 0.0638. The summed E-state index contributed by atoms with van der Waals surface area (Å²) in [5.41, 5.74) is 15.2. The molecule has 0 fully saturated rings. The van der Waals surface area contributed by atoms with E-state index in [1.807, 2.05) is 12.1 Å². The van der Waals surface area contributed by atoms with E-state index in [0.717, 1.165) is 39.3 Å². The molecule has 0 aliphatic heterocycles. The molecule has 8 aromatic rings. The Hall–Kier alpha value is -6.12. The summed E-state index contributed by atoms with van der Waals surface area (Å²) < 4.78 is 0. The normalized spacial score (nSPS) is 12.9. The van der Waals surface area contributed by atoms with E-state index in [4.69, 9.17) is 9.97 Å². The van der Waals surface area contributed by atoms with Gasteiger partial charge in [0.05, 0.1) is 11.4 Å². The lowest BCUT2D eigenvalue weighted by atomic mass is 9.81. The summed E-state index contributed by atoms with van der Waals surface area (Å²) >= 11 is 0. The SMILES string of the molecule is CC1(C)c2ccccc2-c2c(-c3ccc(-c4nc(-c5ccccc5)cc(-c5ccc(-c6ccccc6)cc5)n4)c4ccccc34)cccc21. The molecular formula is C47H34N2. The van der Waals surface area contributed by atoms with Gasteiger partial charge in [0, 0.05) is 22.1 Å². The van der Waals surface area contributed by atoms with E-state index < -0.39 is 0 Å². The van der Waals surface area contributed by atoms with Gasteiger partial charge in [-0.3, -0.25) is 0 Å². The highest BCUT2D eigenvalue weighted by molar-refractivity contribution is 6.07. The summed E-state index contributed by atoms with van der Waals surface area (Å²) in [5, 5.41) is 2.33. The predicted molar refractivity (Wildman–Crippen MR) is 204 cm³/mol. The highest BCUT2D eigenvalue weighted by atomic mass is 14.9. The zero-order valence-electron chi connectivity index (χ0n) is 27.6. The lowest BCUT2D eigenvalue weighted by molar-refractivity contribution is 0.660. The van der Waals surface area contributed by atoms with Crippen LogP contribution in [0.2, 0.25) is 0 Å². The fourth-order valence-electron chi connectivity index (χ4n) is 7.64. The lowest BCUT2D eigenvalue weighted by Gasteiger charge is -2.21. The van der Waals surface area contributed by atoms with Gasteiger partial charge in [-0.25, -0.2) is 9.97 Å². The van der Waals surface area contributed by atoms with Crippen molar-refractivity contribution >= 4 is 10.8 Å². The van der Waals surface area contributed by atoms with Crippen molar-refractivity contribution in [1.82, 2.24) is 9.97 Å². The van der Waals surface area contributed by atoms with E-state index in [1.165, 1.54) is 49.9 Å². The topological polar surface area (TPSA) is 25.8 Å². The van der Waals surface area contributed by atoms with Crippen LogP contribution in [0.1, 0.15) is 25.0 Å². The molecule has 232 valence electrons. The number of fused-ring (bicyclic) bond motifs is 4. The van der Waals surface area contributed by atoms with Crippen molar-refractivity contribution in [3.8, 4) is 67.3 Å². The van der Waals surface area contributed by atoms with Gasteiger partial charge in [-0.1, -0.05) is 172 Å². The molecule has 0 saturated carbocycles. The Morgan fingerprint density at radius 2 is 0.857 bits per heavy atom. The first kappa shape index (κ1) is 29.1. The van der Waals surface area contributed by atoms with E-state index in [0.29, 0.717) is 0 Å². The van der Waals surface area contributed by atoms with Crippen molar-refractivity contribution in [1.29, 1.82) is 0 Å². The van der Waals surface area contributed by atoms with Crippen molar-refractivity contribution in [3.63, 3.8) is 0 Å². The van der Waals surface area contributed by atoms with Gasteiger partial charge in [0.25, 0.3) is 0 Å². The second-order valence-corrected chi connectivity index (χ2v) is 13.4. The van der Waals surface area contributed by atoms with Gasteiger partial charge in [-0.15, -0.1) is 0 Å². The summed E-state index contributed by atoms with van der Waals surface area (Å²) in [7, 11) is 0. The van der Waals surface area contributed by atoms with E-state index in [2.05, 4.69) is 172 Å². The molecule has 0 atom stereocenters. The number of benzene rings is 7. The number of hydrogen-bond acceptors (Lipinski definition) is 2. The molecule has 0 bridgehead atoms. The van der Waals surface area contributed by atoms with Gasteiger partial charge >= 0.3 is 0 Å². The molecule has 1 aliphatic carbocycles. The first-order valence-electron chi connectivity index (χ1n) is 16.9. The van der Waals surface area contributed by atoms with Crippen LogP contribution >= 0.6 is 0 Å². The fourth-order valence-corrected chi connectivity index (χ4v) is 7.64. The summed E-state index contributed by atoms with van der Waals surface area (Å²) in [4.78, 5) is 10.5. The molecule has 2 heteroatoms. The van der Waals surface area contributed by atoms with Gasteiger partial charge in [0.15, 0.2) is 5.82 Å². The van der Waals surface area contributed by atoms with Gasteiger partial charge < -0.3 is 0 Å². The van der Waals surface area contributed by atoms with Gasteiger partial charge in [-0.05, 0) is 67.4 Å². The number of nitrogens with zero attached hydrogens (tertiary/aromatic N) is 2. The molecule has 1 heterocycles. The zero-order chi connectivity index (χ0) is 33.0. The van der Waals surface area contributed by atoms with Crippen LogP contribution in [0.4, 0.5) is 0 Å². The molecule has 0 amide bonds. The van der Waals surface area contributed by atoms with Crippen LogP contribution < -0.4 is 0 Å². The molecule has 9 rings (SSSR count). The van der Waals surface area contributed by atoms with Crippen LogP contribution in [0.5, 0.6) is 0 Å². The second kappa shape index (κ2) is 11.5. The molecule has 0 unspecified atom stereocenters. The van der Waals surface area contributed by atoms with Crippen LogP contribution in [0.15, 0.2) is 170 Å². The molecule has 1 aliphatic rings.